The zero-order valence-corrected chi connectivity index (χ0v) is 14.2. The average Bonchev–Trinajstić information content (AvgIpc) is 2.85. The van der Waals surface area contributed by atoms with Crippen LogP contribution in [0.15, 0.2) is 14.5 Å². The largest absolute Gasteiger partial charge is 0.465 e. The summed E-state index contributed by atoms with van der Waals surface area (Å²) in [6.45, 7) is 0.882. The van der Waals surface area contributed by atoms with E-state index in [4.69, 9.17) is 10.9 Å². The molecule has 2 heterocycles. The predicted molar refractivity (Wildman–Crippen MR) is 79.8 cm³/mol. The molecule has 0 aliphatic carbocycles. The molecule has 1 amide bonds. The van der Waals surface area contributed by atoms with E-state index in [9.17, 15) is 26.4 Å². The standard InChI is InChI=1S/C10H13N3O7S3/c1-2-20-9(15)7-8(14)13(4-11)5-3-6(23(12,18)19)21-10(5)22(7,16)17/h3,7H,2,4,11H2,1H3,(H2,12,18,19). The molecular formula is C10H13N3O7S3. The first-order chi connectivity index (χ1) is 10.6. The SMILES string of the molecule is CCOC(=O)C1C(=O)N(CN)c2cc(S(N)(=O)=O)sc2S1(=O)=O. The second-order valence-electron chi connectivity index (χ2n) is 4.41. The number of hydrogen-bond donors (Lipinski definition) is 2. The number of nitrogens with zero attached hydrogens (tertiary/aromatic N) is 1. The van der Waals surface area contributed by atoms with Gasteiger partial charge in [-0.05, 0) is 13.0 Å². The van der Waals surface area contributed by atoms with Crippen molar-refractivity contribution in [3.8, 4) is 0 Å². The van der Waals surface area contributed by atoms with E-state index in [0.717, 1.165) is 11.0 Å². The molecule has 2 rings (SSSR count). The van der Waals surface area contributed by atoms with Gasteiger partial charge in [-0.1, -0.05) is 0 Å². The van der Waals surface area contributed by atoms with Gasteiger partial charge in [0.25, 0.3) is 5.91 Å². The van der Waals surface area contributed by atoms with Crippen molar-refractivity contribution >= 4 is 48.8 Å². The van der Waals surface area contributed by atoms with Gasteiger partial charge in [0, 0.05) is 0 Å². The van der Waals surface area contributed by atoms with Crippen LogP contribution in [0.4, 0.5) is 5.69 Å². The molecule has 1 aliphatic rings. The van der Waals surface area contributed by atoms with Gasteiger partial charge in [-0.2, -0.15) is 0 Å². The number of rotatable bonds is 4. The minimum atomic E-state index is -4.46. The Morgan fingerprint density at radius 1 is 1.48 bits per heavy atom. The molecule has 128 valence electrons. The van der Waals surface area contributed by atoms with Crippen LogP contribution in [0.25, 0.3) is 0 Å². The van der Waals surface area contributed by atoms with Gasteiger partial charge in [0.05, 0.1) is 19.0 Å². The van der Waals surface area contributed by atoms with Crippen LogP contribution in [-0.4, -0.2) is 47.2 Å². The number of esters is 1. The van der Waals surface area contributed by atoms with Crippen LogP contribution in [0.3, 0.4) is 0 Å². The van der Waals surface area contributed by atoms with E-state index in [1.54, 1.807) is 0 Å². The van der Waals surface area contributed by atoms with E-state index in [1.807, 2.05) is 0 Å². The molecule has 0 saturated carbocycles. The zero-order chi connectivity index (χ0) is 17.6. The van der Waals surface area contributed by atoms with Gasteiger partial charge in [-0.3, -0.25) is 14.5 Å². The molecule has 4 N–H and O–H groups in total. The number of anilines is 1. The summed E-state index contributed by atoms with van der Waals surface area (Å²) in [5, 5.41) is 2.86. The Kier molecular flexibility index (Phi) is 4.51. The van der Waals surface area contributed by atoms with Crippen LogP contribution in [0, 0.1) is 0 Å². The number of thiophene rings is 1. The van der Waals surface area contributed by atoms with Gasteiger partial charge in [-0.25, -0.2) is 22.0 Å². The lowest BCUT2D eigenvalue weighted by molar-refractivity contribution is -0.144. The Morgan fingerprint density at radius 2 is 2.09 bits per heavy atom. The third-order valence-electron chi connectivity index (χ3n) is 2.97. The molecule has 0 radical (unpaired) electrons. The number of ether oxygens (including phenoxy) is 1. The van der Waals surface area contributed by atoms with Crippen molar-refractivity contribution in [2.24, 2.45) is 10.9 Å². The van der Waals surface area contributed by atoms with E-state index in [0.29, 0.717) is 11.3 Å². The molecule has 1 unspecified atom stereocenters. The fraction of sp³-hybridized carbons (Fsp3) is 0.400. The maximum atomic E-state index is 12.5. The number of carbonyl (C=O) groups excluding carboxylic acids is 2. The van der Waals surface area contributed by atoms with Crippen LogP contribution in [0.2, 0.25) is 0 Å². The van der Waals surface area contributed by atoms with E-state index in [1.165, 1.54) is 6.92 Å². The lowest BCUT2D eigenvalue weighted by Crippen LogP contribution is -2.53. The van der Waals surface area contributed by atoms with E-state index >= 15 is 0 Å². The fourth-order valence-corrected chi connectivity index (χ4v) is 6.20. The highest BCUT2D eigenvalue weighted by Gasteiger charge is 2.51. The summed E-state index contributed by atoms with van der Waals surface area (Å²) in [6, 6.07) is 0.943. The summed E-state index contributed by atoms with van der Waals surface area (Å²) in [5.41, 5.74) is 5.22. The molecule has 1 aliphatic heterocycles. The molecule has 0 fully saturated rings. The molecule has 0 spiro atoms. The van der Waals surface area contributed by atoms with Crippen LogP contribution in [-0.2, 0) is 34.2 Å². The lowest BCUT2D eigenvalue weighted by Gasteiger charge is -2.29. The number of sulfone groups is 1. The summed E-state index contributed by atoms with van der Waals surface area (Å²) < 4.78 is 51.6. The summed E-state index contributed by atoms with van der Waals surface area (Å²) in [4.78, 5) is 25.0. The molecule has 1 aromatic rings. The maximum absolute atomic E-state index is 12.5. The van der Waals surface area contributed by atoms with E-state index in [-0.39, 0.29) is 12.3 Å². The normalized spacial score (nSPS) is 20.2. The quantitative estimate of drug-likeness (QED) is 0.461. The number of primary sulfonamides is 1. The van der Waals surface area contributed by atoms with Crippen molar-refractivity contribution in [3.63, 3.8) is 0 Å². The topological polar surface area (TPSA) is 167 Å². The molecule has 10 nitrogen and oxygen atoms in total. The highest BCUT2D eigenvalue weighted by Crippen LogP contribution is 2.42. The highest BCUT2D eigenvalue weighted by atomic mass is 32.3. The predicted octanol–water partition coefficient (Wildman–Crippen LogP) is -1.64. The van der Waals surface area contributed by atoms with Crippen LogP contribution in [0.1, 0.15) is 6.92 Å². The molecule has 0 saturated heterocycles. The molecule has 13 heteroatoms. The Bertz CT molecular complexity index is 872. The molecule has 0 aromatic carbocycles. The summed E-state index contributed by atoms with van der Waals surface area (Å²) >= 11 is 0.351. The van der Waals surface area contributed by atoms with Crippen molar-refractivity contribution < 1.29 is 31.2 Å². The average molecular weight is 383 g/mol. The van der Waals surface area contributed by atoms with Gasteiger partial charge in [0.1, 0.15) is 8.42 Å². The van der Waals surface area contributed by atoms with Crippen molar-refractivity contribution in [1.29, 1.82) is 0 Å². The minimum absolute atomic E-state index is 0.125. The fourth-order valence-electron chi connectivity index (χ4n) is 2.01. The van der Waals surface area contributed by atoms with Crippen LogP contribution < -0.4 is 15.8 Å². The highest BCUT2D eigenvalue weighted by molar-refractivity contribution is 7.97. The van der Waals surface area contributed by atoms with Crippen LogP contribution in [0.5, 0.6) is 0 Å². The number of carbonyl (C=O) groups is 2. The van der Waals surface area contributed by atoms with Crippen molar-refractivity contribution in [2.45, 2.75) is 20.6 Å². The minimum Gasteiger partial charge on any atom is -0.465 e. The second kappa shape index (κ2) is 5.83. The van der Waals surface area contributed by atoms with Gasteiger partial charge < -0.3 is 10.5 Å². The number of nitrogens with two attached hydrogens (primary N) is 2. The first kappa shape index (κ1) is 17.8. The summed E-state index contributed by atoms with van der Waals surface area (Å²) in [7, 11) is -8.64. The van der Waals surface area contributed by atoms with E-state index < -0.39 is 52.1 Å². The third-order valence-corrected chi connectivity index (χ3v) is 8.00. The van der Waals surface area contributed by atoms with Crippen molar-refractivity contribution in [2.75, 3.05) is 18.2 Å². The van der Waals surface area contributed by atoms with Crippen molar-refractivity contribution in [3.05, 3.63) is 6.07 Å². The summed E-state index contributed by atoms with van der Waals surface area (Å²) in [6.07, 6.45) is 0. The van der Waals surface area contributed by atoms with Gasteiger partial charge >= 0.3 is 5.97 Å². The number of fused-ring (bicyclic) bond motifs is 1. The monoisotopic (exact) mass is 383 g/mol. The lowest BCUT2D eigenvalue weighted by atomic mass is 10.3. The summed E-state index contributed by atoms with van der Waals surface area (Å²) in [5.74, 6) is -2.34. The molecule has 0 bridgehead atoms. The maximum Gasteiger partial charge on any atom is 0.334 e. The molecule has 1 atom stereocenters. The third kappa shape index (κ3) is 2.85. The van der Waals surface area contributed by atoms with E-state index in [2.05, 4.69) is 4.74 Å². The zero-order valence-electron chi connectivity index (χ0n) is 11.8. The first-order valence-electron chi connectivity index (χ1n) is 6.14. The molecule has 23 heavy (non-hydrogen) atoms. The van der Waals surface area contributed by atoms with Crippen LogP contribution >= 0.6 is 11.3 Å². The number of amides is 1. The molecule has 1 aromatic heterocycles. The molecular weight excluding hydrogens is 370 g/mol. The second-order valence-corrected chi connectivity index (χ2v) is 9.48. The van der Waals surface area contributed by atoms with Crippen molar-refractivity contribution in [1.82, 2.24) is 0 Å². The number of hydrogen-bond acceptors (Lipinski definition) is 9. The van der Waals surface area contributed by atoms with Gasteiger partial charge in [-0.15, -0.1) is 11.3 Å². The Morgan fingerprint density at radius 3 is 2.57 bits per heavy atom. The first-order valence-corrected chi connectivity index (χ1v) is 10.0. The van der Waals surface area contributed by atoms with Gasteiger partial charge in [0.2, 0.25) is 25.1 Å². The Balaban J connectivity index is 2.72. The van der Waals surface area contributed by atoms with Gasteiger partial charge in [0.15, 0.2) is 0 Å². The Labute approximate surface area is 136 Å². The Hall–Kier alpha value is -1.54. The smallest absolute Gasteiger partial charge is 0.334 e. The number of sulfonamides is 1.